The van der Waals surface area contributed by atoms with Crippen molar-refractivity contribution in [2.75, 3.05) is 26.7 Å². The summed E-state index contributed by atoms with van der Waals surface area (Å²) >= 11 is 0. The minimum Gasteiger partial charge on any atom is -0.469 e. The van der Waals surface area contributed by atoms with Gasteiger partial charge in [0.15, 0.2) is 5.03 Å². The SMILES string of the molecule is CC(C)(C)OC(=O)NCC(=O)N1CCC[C@@]1(C)C(=O)N[C@@](C)(CCCN=C(N)N[N+](=O)[O-])C(=O)N[C]1[CH][CH][CH][CH]1.COC(=O)[C]1[CH][CH][CH][CH]1.[Fe+2]. The molecule has 1 saturated heterocycles. The molecule has 6 N–H and O–H groups in total. The maximum absolute atomic E-state index is 13.7. The number of amides is 4. The van der Waals surface area contributed by atoms with Crippen LogP contribution >= 0.6 is 0 Å². The number of guanidine groups is 1. The Morgan fingerprint density at radius 2 is 1.66 bits per heavy atom. The summed E-state index contributed by atoms with van der Waals surface area (Å²) in [7, 11) is 1.37. The second-order valence-corrected chi connectivity index (χ2v) is 12.6. The molecular formula is C32H46FeN8O9+2. The van der Waals surface area contributed by atoms with Crippen LogP contribution in [0.1, 0.15) is 60.3 Å². The zero-order valence-electron chi connectivity index (χ0n) is 29.0. The third-order valence-corrected chi connectivity index (χ3v) is 7.43. The zero-order valence-corrected chi connectivity index (χ0v) is 30.1. The Morgan fingerprint density at radius 1 is 1.06 bits per heavy atom. The van der Waals surface area contributed by atoms with Gasteiger partial charge < -0.3 is 36.1 Å². The van der Waals surface area contributed by atoms with Gasteiger partial charge in [-0.2, -0.15) is 0 Å². The van der Waals surface area contributed by atoms with Crippen LogP contribution in [-0.4, -0.2) is 89.1 Å². The first-order chi connectivity index (χ1) is 22.9. The van der Waals surface area contributed by atoms with Gasteiger partial charge in [-0.1, -0.05) is 5.43 Å². The fourth-order valence-electron chi connectivity index (χ4n) is 4.89. The number of carbonyl (C=O) groups excluding carboxylic acids is 5. The summed E-state index contributed by atoms with van der Waals surface area (Å²) in [5.74, 6) is -1.54. The smallest absolute Gasteiger partial charge is 0.469 e. The van der Waals surface area contributed by atoms with E-state index in [1.807, 2.05) is 0 Å². The molecule has 50 heavy (non-hydrogen) atoms. The number of hydrazine groups is 1. The number of alkyl carbamates (subject to hydrolysis) is 1. The minimum absolute atomic E-state index is 0. The second-order valence-electron chi connectivity index (χ2n) is 12.6. The van der Waals surface area contributed by atoms with Gasteiger partial charge in [-0.15, -0.1) is 0 Å². The molecule has 0 spiro atoms. The van der Waals surface area contributed by atoms with Gasteiger partial charge in [0.25, 0.3) is 5.96 Å². The fourth-order valence-corrected chi connectivity index (χ4v) is 4.89. The summed E-state index contributed by atoms with van der Waals surface area (Å²) in [5, 5.41) is 17.7. The number of nitro groups is 1. The number of hydrogen-bond donors (Lipinski definition) is 5. The van der Waals surface area contributed by atoms with E-state index in [1.165, 1.54) is 12.0 Å². The molecule has 0 unspecified atom stereocenters. The van der Waals surface area contributed by atoms with E-state index in [9.17, 15) is 34.1 Å². The Morgan fingerprint density at radius 3 is 2.22 bits per heavy atom. The number of carbonyl (C=O) groups is 5. The Kier molecular flexibility index (Phi) is 18.0. The molecule has 2 saturated carbocycles. The molecule has 0 aromatic carbocycles. The largest absolute Gasteiger partial charge is 2.00 e. The van der Waals surface area contributed by atoms with Crippen molar-refractivity contribution in [3.05, 3.63) is 73.4 Å². The number of esters is 1. The molecule has 4 amide bonds. The number of methoxy groups -OCH3 is 1. The summed E-state index contributed by atoms with van der Waals surface area (Å²) in [5.41, 5.74) is 3.76. The molecule has 0 aromatic heterocycles. The Labute approximate surface area is 304 Å². The van der Waals surface area contributed by atoms with E-state index in [0.717, 1.165) is 0 Å². The summed E-state index contributed by atoms with van der Waals surface area (Å²) < 4.78 is 9.62. The number of aliphatic imine (C=N–C) groups is 1. The number of nitrogens with zero attached hydrogens (tertiary/aromatic N) is 3. The molecule has 0 bridgehead atoms. The van der Waals surface area contributed by atoms with Gasteiger partial charge in [0.1, 0.15) is 23.2 Å². The van der Waals surface area contributed by atoms with Crippen LogP contribution in [0.15, 0.2) is 4.99 Å². The van der Waals surface area contributed by atoms with Gasteiger partial charge in [-0.3, -0.25) is 19.2 Å². The van der Waals surface area contributed by atoms with Gasteiger partial charge in [0, 0.05) is 13.1 Å². The van der Waals surface area contributed by atoms with Crippen LogP contribution in [0.2, 0.25) is 0 Å². The van der Waals surface area contributed by atoms with Gasteiger partial charge in [0.05, 0.1) is 19.1 Å². The Hall–Kier alpha value is -3.66. The quantitative estimate of drug-likeness (QED) is 0.0355. The first-order valence-electron chi connectivity index (χ1n) is 15.5. The molecule has 3 rings (SSSR count). The monoisotopic (exact) mass is 742 g/mol. The molecule has 2 atom stereocenters. The van der Waals surface area contributed by atoms with E-state index in [-0.39, 0.29) is 54.9 Å². The van der Waals surface area contributed by atoms with Crippen molar-refractivity contribution in [1.82, 2.24) is 26.3 Å². The fraction of sp³-hybridized carbons (Fsp3) is 0.500. The van der Waals surface area contributed by atoms with Crippen molar-refractivity contribution < 1.29 is 55.5 Å². The molecule has 1 heterocycles. The van der Waals surface area contributed by atoms with E-state index >= 15 is 0 Å². The topological polar surface area (TPSA) is 237 Å². The first-order valence-corrected chi connectivity index (χ1v) is 15.5. The molecule has 0 aromatic rings. The predicted molar refractivity (Wildman–Crippen MR) is 177 cm³/mol. The number of likely N-dealkylation sites (tertiary alicyclic amines) is 1. The standard InChI is InChI=1S/C25H39N8O7.C7H7O2.Fe/c1-23(2,3)40-22(37)28-16-18(34)32-15-9-13-25(32,5)20(36)30-24(4,19(35)29-17-10-6-7-11-17)12-8-14-27-21(26)31-33(38)39;1-9-7(8)6-4-2-3-5-6;/h6-7,10-11H,8-9,12-16H2,1-5H3,(H,28,37)(H,29,35)(H,30,36)(H3,26,27,31);2-5H,1H3;/q;;+2/t24-,25-;;/m0../s1. The van der Waals surface area contributed by atoms with E-state index in [2.05, 4.69) is 25.7 Å². The summed E-state index contributed by atoms with van der Waals surface area (Å²) in [4.78, 5) is 78.4. The maximum Gasteiger partial charge on any atom is 2.00 e. The van der Waals surface area contributed by atoms with Crippen molar-refractivity contribution in [3.8, 4) is 0 Å². The van der Waals surface area contributed by atoms with Crippen LogP contribution in [0.5, 0.6) is 0 Å². The van der Waals surface area contributed by atoms with Crippen molar-refractivity contribution >= 4 is 35.7 Å². The van der Waals surface area contributed by atoms with Crippen LogP contribution in [-0.2, 0) is 45.7 Å². The molecule has 17 nitrogen and oxygen atoms in total. The number of hydrogen-bond acceptors (Lipinski definition) is 10. The number of rotatable bonds is 12. The van der Waals surface area contributed by atoms with Crippen molar-refractivity contribution in [2.45, 2.75) is 77.0 Å². The average Bonchev–Trinajstić information content (AvgIpc) is 3.80. The van der Waals surface area contributed by atoms with E-state index in [4.69, 9.17) is 10.5 Å². The Balaban J connectivity index is 0.00000108. The predicted octanol–water partition coefficient (Wildman–Crippen LogP) is 0.684. The van der Waals surface area contributed by atoms with Gasteiger partial charge in [-0.25, -0.2) is 19.9 Å². The van der Waals surface area contributed by atoms with Gasteiger partial charge in [-0.05, 0) is 112 Å². The van der Waals surface area contributed by atoms with Crippen LogP contribution in [0, 0.1) is 73.4 Å². The number of nitrogens with one attached hydrogen (secondary N) is 4. The minimum atomic E-state index is -1.43. The summed E-state index contributed by atoms with van der Waals surface area (Å²) in [6, 6.07) is 0.542. The molecule has 1 aliphatic heterocycles. The molecule has 274 valence electrons. The molecule has 18 heteroatoms. The van der Waals surface area contributed by atoms with Crippen LogP contribution in [0.3, 0.4) is 0 Å². The van der Waals surface area contributed by atoms with E-state index in [1.54, 1.807) is 91.4 Å². The molecular weight excluding hydrogens is 696 g/mol. The van der Waals surface area contributed by atoms with E-state index < -0.39 is 45.5 Å². The maximum atomic E-state index is 13.7. The number of ether oxygens (including phenoxy) is 2. The van der Waals surface area contributed by atoms with Crippen molar-refractivity contribution in [1.29, 1.82) is 0 Å². The average molecular weight is 743 g/mol. The number of nitrogens with two attached hydrogens (primary N) is 1. The molecule has 3 fully saturated rings. The van der Waals surface area contributed by atoms with E-state index in [0.29, 0.717) is 31.3 Å². The van der Waals surface area contributed by atoms with Crippen molar-refractivity contribution in [2.24, 2.45) is 10.7 Å². The van der Waals surface area contributed by atoms with Crippen LogP contribution < -0.4 is 27.1 Å². The van der Waals surface area contributed by atoms with Gasteiger partial charge >= 0.3 is 29.1 Å². The van der Waals surface area contributed by atoms with Crippen LogP contribution in [0.25, 0.3) is 0 Å². The third kappa shape index (κ3) is 14.3. The zero-order chi connectivity index (χ0) is 36.8. The summed E-state index contributed by atoms with van der Waals surface area (Å²) in [6.45, 7) is 8.27. The Bertz CT molecular complexity index is 1220. The third-order valence-electron chi connectivity index (χ3n) is 7.43. The molecule has 10 radical (unpaired) electrons. The van der Waals surface area contributed by atoms with Crippen LogP contribution in [0.4, 0.5) is 4.79 Å². The molecule has 3 aliphatic rings. The normalized spacial score (nSPS) is 20.7. The van der Waals surface area contributed by atoms with Gasteiger partial charge in [0.2, 0.25) is 17.7 Å². The first kappa shape index (κ1) is 44.4. The molecule has 2 aliphatic carbocycles. The second kappa shape index (κ2) is 20.3. The summed E-state index contributed by atoms with van der Waals surface area (Å²) in [6.07, 6.45) is 14.4. The van der Waals surface area contributed by atoms with Crippen molar-refractivity contribution in [3.63, 3.8) is 0 Å².